The van der Waals surface area contributed by atoms with Gasteiger partial charge in [-0.2, -0.15) is 0 Å². The molecule has 0 atom stereocenters. The summed E-state index contributed by atoms with van der Waals surface area (Å²) < 4.78 is 38.4. The number of H-pyrrole nitrogens is 1. The van der Waals surface area contributed by atoms with Gasteiger partial charge < -0.3 is 19.1 Å². The van der Waals surface area contributed by atoms with E-state index >= 15 is 0 Å². The predicted molar refractivity (Wildman–Crippen MR) is 135 cm³/mol. The average Bonchev–Trinajstić information content (AvgIpc) is 3.65. The summed E-state index contributed by atoms with van der Waals surface area (Å²) in [5.74, 6) is 0.949. The Hall–Kier alpha value is -3.88. The normalized spacial score (nSPS) is 11.5. The number of furan rings is 2. The van der Waals surface area contributed by atoms with Gasteiger partial charge in [-0.05, 0) is 55.5 Å². The zero-order chi connectivity index (χ0) is 25.1. The van der Waals surface area contributed by atoms with Gasteiger partial charge in [0, 0.05) is 5.69 Å². The van der Waals surface area contributed by atoms with Crippen LogP contribution in [0.2, 0.25) is 0 Å². The molecule has 0 aliphatic heterocycles. The molecule has 0 radical (unpaired) electrons. The number of aryl methyl sites for hydroxylation is 1. The molecule has 11 nitrogen and oxygen atoms in total. The van der Waals surface area contributed by atoms with Crippen LogP contribution in [-0.2, 0) is 14.8 Å². The molecule has 0 fully saturated rings. The van der Waals surface area contributed by atoms with Gasteiger partial charge in [-0.1, -0.05) is 23.1 Å². The van der Waals surface area contributed by atoms with Crippen molar-refractivity contribution in [3.8, 4) is 22.9 Å². The smallest absolute Gasteiger partial charge is 0.263 e. The predicted octanol–water partition coefficient (Wildman–Crippen LogP) is 4.62. The van der Waals surface area contributed by atoms with Gasteiger partial charge >= 0.3 is 0 Å². The van der Waals surface area contributed by atoms with Crippen LogP contribution in [0.4, 0.5) is 10.8 Å². The summed E-state index contributed by atoms with van der Waals surface area (Å²) in [4.78, 5) is 20.3. The van der Waals surface area contributed by atoms with Crippen LogP contribution in [-0.4, -0.2) is 40.2 Å². The number of carbonyl (C=O) groups excluding carboxylic acids is 1. The Morgan fingerprint density at radius 2 is 1.78 bits per heavy atom. The van der Waals surface area contributed by atoms with E-state index in [2.05, 4.69) is 30.2 Å². The quantitative estimate of drug-likeness (QED) is 0.226. The molecule has 184 valence electrons. The first kappa shape index (κ1) is 23.8. The van der Waals surface area contributed by atoms with Crippen LogP contribution in [0.5, 0.6) is 0 Å². The summed E-state index contributed by atoms with van der Waals surface area (Å²) in [5, 5.41) is 11.6. The second kappa shape index (κ2) is 10.0. The molecule has 0 aliphatic rings. The molecule has 5 rings (SSSR count). The monoisotopic (exact) mass is 542 g/mol. The molecular weight excluding hydrogens is 524 g/mol. The minimum atomic E-state index is -3.82. The third-order valence-corrected chi connectivity index (χ3v) is 7.85. The van der Waals surface area contributed by atoms with E-state index in [1.165, 1.54) is 36.0 Å². The number of anilines is 2. The number of hydrogen-bond donors (Lipinski definition) is 3. The maximum absolute atomic E-state index is 12.5. The first-order valence-electron chi connectivity index (χ1n) is 10.4. The Balaban J connectivity index is 1.22. The van der Waals surface area contributed by atoms with Crippen LogP contribution >= 0.6 is 23.1 Å². The van der Waals surface area contributed by atoms with Gasteiger partial charge in [-0.15, -0.1) is 10.2 Å². The van der Waals surface area contributed by atoms with E-state index in [1.54, 1.807) is 43.7 Å². The van der Waals surface area contributed by atoms with Crippen molar-refractivity contribution in [3.63, 3.8) is 0 Å². The number of nitrogens with one attached hydrogen (secondary N) is 3. The number of imidazole rings is 1. The molecule has 1 aromatic carbocycles. The molecule has 14 heteroatoms. The van der Waals surface area contributed by atoms with Gasteiger partial charge in [0.25, 0.3) is 10.0 Å². The molecule has 4 aromatic heterocycles. The standard InChI is InChI=1S/C22H18N6O5S3/c1-13-26-27-22(35-13)28-36(30,31)15-8-6-14(7-9-15)23-18(29)12-34-21-24-19(16-4-2-10-32-16)20(25-21)17-5-3-11-33-17/h2-11H,12H2,1H3,(H,23,29)(H,24,25)(H,27,28). The molecular formula is C22H18N6O5S3. The summed E-state index contributed by atoms with van der Waals surface area (Å²) in [5.41, 5.74) is 1.68. The highest BCUT2D eigenvalue weighted by atomic mass is 32.2. The lowest BCUT2D eigenvalue weighted by atomic mass is 10.2. The summed E-state index contributed by atoms with van der Waals surface area (Å²) in [7, 11) is -3.82. The van der Waals surface area contributed by atoms with Crippen LogP contribution in [0.1, 0.15) is 5.01 Å². The summed E-state index contributed by atoms with van der Waals surface area (Å²) in [6, 6.07) is 13.0. The van der Waals surface area contributed by atoms with E-state index in [-0.39, 0.29) is 21.7 Å². The maximum atomic E-state index is 12.5. The first-order chi connectivity index (χ1) is 17.4. The molecule has 0 unspecified atom stereocenters. The molecule has 0 bridgehead atoms. The van der Waals surface area contributed by atoms with E-state index < -0.39 is 10.0 Å². The SMILES string of the molecule is Cc1nnc(NS(=O)(=O)c2ccc(NC(=O)CSc3nc(-c4ccco4)c(-c4ccco4)[nH]3)cc2)s1. The van der Waals surface area contributed by atoms with Gasteiger partial charge in [0.2, 0.25) is 11.0 Å². The van der Waals surface area contributed by atoms with Crippen LogP contribution in [0.15, 0.2) is 79.9 Å². The van der Waals surface area contributed by atoms with E-state index in [1.807, 2.05) is 0 Å². The van der Waals surface area contributed by atoms with Crippen molar-refractivity contribution in [2.75, 3.05) is 15.8 Å². The number of rotatable bonds is 9. The maximum Gasteiger partial charge on any atom is 0.263 e. The fourth-order valence-corrected chi connectivity index (χ4v) is 5.66. The van der Waals surface area contributed by atoms with Gasteiger partial charge in [-0.25, -0.2) is 13.4 Å². The zero-order valence-electron chi connectivity index (χ0n) is 18.6. The lowest BCUT2D eigenvalue weighted by molar-refractivity contribution is -0.113. The minimum absolute atomic E-state index is 0.0363. The van der Waals surface area contributed by atoms with Crippen LogP contribution < -0.4 is 10.0 Å². The van der Waals surface area contributed by atoms with Crippen LogP contribution in [0.25, 0.3) is 22.9 Å². The molecule has 0 saturated heterocycles. The van der Waals surface area contributed by atoms with Crippen molar-refractivity contribution in [1.29, 1.82) is 0 Å². The fourth-order valence-electron chi connectivity index (χ4n) is 3.17. The zero-order valence-corrected chi connectivity index (χ0v) is 21.0. The largest absolute Gasteiger partial charge is 0.463 e. The number of carbonyl (C=O) groups is 1. The van der Waals surface area contributed by atoms with Crippen LogP contribution in [0.3, 0.4) is 0 Å². The number of benzene rings is 1. The van der Waals surface area contributed by atoms with E-state index in [0.717, 1.165) is 11.3 Å². The van der Waals surface area contributed by atoms with Crippen molar-refractivity contribution < 1.29 is 22.0 Å². The van der Waals surface area contributed by atoms with E-state index in [9.17, 15) is 13.2 Å². The lowest BCUT2D eigenvalue weighted by Gasteiger charge is -2.07. The number of nitrogens with zero attached hydrogens (tertiary/aromatic N) is 3. The van der Waals surface area contributed by atoms with Crippen molar-refractivity contribution in [2.45, 2.75) is 17.0 Å². The third kappa shape index (κ3) is 5.35. The average molecular weight is 543 g/mol. The molecule has 0 spiro atoms. The highest BCUT2D eigenvalue weighted by Gasteiger charge is 2.19. The Morgan fingerprint density at radius 3 is 2.42 bits per heavy atom. The first-order valence-corrected chi connectivity index (χ1v) is 13.7. The highest BCUT2D eigenvalue weighted by Crippen LogP contribution is 2.33. The van der Waals surface area contributed by atoms with Crippen molar-refractivity contribution in [3.05, 3.63) is 66.1 Å². The van der Waals surface area contributed by atoms with E-state index in [4.69, 9.17) is 8.83 Å². The van der Waals surface area contributed by atoms with Gasteiger partial charge in [0.05, 0.1) is 23.2 Å². The van der Waals surface area contributed by atoms with Crippen molar-refractivity contribution in [1.82, 2.24) is 20.2 Å². The number of sulfonamides is 1. The molecule has 4 heterocycles. The van der Waals surface area contributed by atoms with Gasteiger partial charge in [-0.3, -0.25) is 9.52 Å². The number of aromatic nitrogens is 4. The lowest BCUT2D eigenvalue weighted by Crippen LogP contribution is -2.15. The second-order valence-corrected chi connectivity index (χ2v) is 11.1. The molecule has 1 amide bonds. The second-order valence-electron chi connectivity index (χ2n) is 7.31. The number of aromatic amines is 1. The van der Waals surface area contributed by atoms with Crippen molar-refractivity contribution in [2.24, 2.45) is 0 Å². The molecule has 5 aromatic rings. The van der Waals surface area contributed by atoms with Crippen molar-refractivity contribution >= 4 is 49.8 Å². The molecule has 0 aliphatic carbocycles. The third-order valence-electron chi connectivity index (χ3n) is 4.74. The Morgan fingerprint density at radius 1 is 1.06 bits per heavy atom. The van der Waals surface area contributed by atoms with Gasteiger partial charge in [0.15, 0.2) is 16.7 Å². The summed E-state index contributed by atoms with van der Waals surface area (Å²) in [6.45, 7) is 1.73. The molecule has 36 heavy (non-hydrogen) atoms. The summed E-state index contributed by atoms with van der Waals surface area (Å²) in [6.07, 6.45) is 3.12. The Bertz CT molecular complexity index is 1520. The highest BCUT2D eigenvalue weighted by molar-refractivity contribution is 7.99. The Kier molecular flexibility index (Phi) is 6.63. The van der Waals surface area contributed by atoms with Crippen LogP contribution in [0, 0.1) is 6.92 Å². The Labute approximate surface area is 213 Å². The summed E-state index contributed by atoms with van der Waals surface area (Å²) >= 11 is 2.34. The molecule has 0 saturated carbocycles. The fraction of sp³-hybridized carbons (Fsp3) is 0.0909. The van der Waals surface area contributed by atoms with Gasteiger partial charge in [0.1, 0.15) is 16.4 Å². The number of hydrogen-bond acceptors (Lipinski definition) is 10. The topological polar surface area (TPSA) is 156 Å². The molecule has 3 N–H and O–H groups in total. The minimum Gasteiger partial charge on any atom is -0.463 e. The number of amides is 1. The van der Waals surface area contributed by atoms with E-state index in [0.29, 0.717) is 38.8 Å². The number of thioether (sulfide) groups is 1.